The Morgan fingerprint density at radius 2 is 1.62 bits per heavy atom. The minimum atomic E-state index is -1.05. The third-order valence-electron chi connectivity index (χ3n) is 3.71. The van der Waals surface area contributed by atoms with Crippen molar-refractivity contribution in [1.82, 2.24) is 0 Å². The van der Waals surface area contributed by atoms with E-state index in [4.69, 9.17) is 5.73 Å². The molecule has 21 heavy (non-hydrogen) atoms. The highest BCUT2D eigenvalue weighted by Crippen LogP contribution is 2.31. The summed E-state index contributed by atoms with van der Waals surface area (Å²) in [6, 6.07) is 9.14. The average molecular weight is 289 g/mol. The van der Waals surface area contributed by atoms with Crippen molar-refractivity contribution >= 4 is 11.5 Å². The number of Topliss-reactive ketones (excluding diaryl/α,β-unsaturated/α-hetero) is 1. The molecule has 4 heteroatoms. The lowest BCUT2D eigenvalue weighted by atomic mass is 9.77. The fourth-order valence-corrected chi connectivity index (χ4v) is 2.21. The molecule has 0 aromatic heterocycles. The van der Waals surface area contributed by atoms with Crippen LogP contribution in [0.15, 0.2) is 36.4 Å². The summed E-state index contributed by atoms with van der Waals surface area (Å²) in [6.07, 6.45) is 0. The number of benzene rings is 2. The van der Waals surface area contributed by atoms with Gasteiger partial charge in [0, 0.05) is 5.69 Å². The van der Waals surface area contributed by atoms with Crippen molar-refractivity contribution in [2.75, 3.05) is 5.73 Å². The van der Waals surface area contributed by atoms with E-state index >= 15 is 0 Å². The fourth-order valence-electron chi connectivity index (χ4n) is 2.21. The van der Waals surface area contributed by atoms with E-state index in [-0.39, 0.29) is 5.56 Å². The third-order valence-corrected chi connectivity index (χ3v) is 3.71. The maximum Gasteiger partial charge on any atom is 0.178 e. The van der Waals surface area contributed by atoms with Crippen LogP contribution in [0.5, 0.6) is 0 Å². The third kappa shape index (κ3) is 2.66. The molecule has 2 nitrogen and oxygen atoms in total. The zero-order valence-electron chi connectivity index (χ0n) is 12.2. The number of hydrogen-bond acceptors (Lipinski definition) is 2. The van der Waals surface area contributed by atoms with Crippen molar-refractivity contribution in [3.63, 3.8) is 0 Å². The van der Waals surface area contributed by atoms with Crippen LogP contribution in [0.1, 0.15) is 35.3 Å². The van der Waals surface area contributed by atoms with E-state index in [1.165, 1.54) is 13.0 Å². The summed E-state index contributed by atoms with van der Waals surface area (Å²) in [4.78, 5) is 12.6. The number of ketones is 1. The largest absolute Gasteiger partial charge is 0.399 e. The molecule has 0 aliphatic heterocycles. The zero-order valence-corrected chi connectivity index (χ0v) is 12.2. The SMILES string of the molecule is Cc1ccc(F)c(C(=O)C(C)(C)c2ccc(N)cc2)c1F. The predicted octanol–water partition coefficient (Wildman–Crippen LogP) is 4.02. The molecule has 0 spiro atoms. The highest BCUT2D eigenvalue weighted by atomic mass is 19.1. The first-order chi connectivity index (χ1) is 9.75. The summed E-state index contributed by atoms with van der Waals surface area (Å²) in [5, 5.41) is 0. The van der Waals surface area contributed by atoms with Gasteiger partial charge in [-0.25, -0.2) is 8.78 Å². The molecule has 2 aromatic carbocycles. The van der Waals surface area contributed by atoms with Crippen LogP contribution in [0.25, 0.3) is 0 Å². The lowest BCUT2D eigenvalue weighted by molar-refractivity contribution is 0.0899. The van der Waals surface area contributed by atoms with Gasteiger partial charge in [-0.15, -0.1) is 0 Å². The summed E-state index contributed by atoms with van der Waals surface area (Å²) < 4.78 is 28.1. The van der Waals surface area contributed by atoms with Crippen molar-refractivity contribution in [2.24, 2.45) is 0 Å². The number of nitrogen functional groups attached to an aromatic ring is 1. The van der Waals surface area contributed by atoms with Crippen LogP contribution in [-0.2, 0) is 5.41 Å². The van der Waals surface area contributed by atoms with Crippen LogP contribution in [-0.4, -0.2) is 5.78 Å². The predicted molar refractivity (Wildman–Crippen MR) is 79.3 cm³/mol. The van der Waals surface area contributed by atoms with E-state index in [1.54, 1.807) is 38.1 Å². The van der Waals surface area contributed by atoms with Gasteiger partial charge in [0.15, 0.2) is 5.78 Å². The lowest BCUT2D eigenvalue weighted by Crippen LogP contribution is -2.31. The molecule has 0 saturated heterocycles. The summed E-state index contributed by atoms with van der Waals surface area (Å²) in [5.74, 6) is -2.24. The first-order valence-electron chi connectivity index (χ1n) is 6.60. The second-order valence-electron chi connectivity index (χ2n) is 5.63. The minimum absolute atomic E-state index is 0.243. The van der Waals surface area contributed by atoms with E-state index in [9.17, 15) is 13.6 Å². The highest BCUT2D eigenvalue weighted by Gasteiger charge is 2.34. The van der Waals surface area contributed by atoms with Crippen molar-refractivity contribution in [3.05, 3.63) is 64.7 Å². The molecule has 0 bridgehead atoms. The van der Waals surface area contributed by atoms with Crippen molar-refractivity contribution < 1.29 is 13.6 Å². The lowest BCUT2D eigenvalue weighted by Gasteiger charge is -2.24. The van der Waals surface area contributed by atoms with Gasteiger partial charge in [-0.3, -0.25) is 4.79 Å². The normalized spacial score (nSPS) is 11.5. The smallest absolute Gasteiger partial charge is 0.178 e. The van der Waals surface area contributed by atoms with Crippen LogP contribution in [0.4, 0.5) is 14.5 Å². The molecule has 0 unspecified atom stereocenters. The van der Waals surface area contributed by atoms with Crippen molar-refractivity contribution in [1.29, 1.82) is 0 Å². The average Bonchev–Trinajstić information content (AvgIpc) is 2.43. The number of anilines is 1. The van der Waals surface area contributed by atoms with E-state index in [2.05, 4.69) is 0 Å². The van der Waals surface area contributed by atoms with Crippen LogP contribution in [0.3, 0.4) is 0 Å². The Hall–Kier alpha value is -2.23. The standard InChI is InChI=1S/C17H17F2NO/c1-10-4-9-13(18)14(15(10)19)16(21)17(2,3)11-5-7-12(20)8-6-11/h4-9H,20H2,1-3H3. The summed E-state index contributed by atoms with van der Waals surface area (Å²) in [6.45, 7) is 4.78. The van der Waals surface area contributed by atoms with E-state index in [0.29, 0.717) is 11.3 Å². The number of carbonyl (C=O) groups is 1. The molecule has 2 aromatic rings. The number of aryl methyl sites for hydroxylation is 1. The van der Waals surface area contributed by atoms with Crippen LogP contribution in [0.2, 0.25) is 0 Å². The Morgan fingerprint density at radius 3 is 2.19 bits per heavy atom. The Kier molecular flexibility index (Phi) is 3.81. The van der Waals surface area contributed by atoms with Gasteiger partial charge in [0.25, 0.3) is 0 Å². The van der Waals surface area contributed by atoms with Gasteiger partial charge in [0.2, 0.25) is 0 Å². The second kappa shape index (κ2) is 5.28. The molecular formula is C17H17F2NO. The molecule has 0 amide bonds. The van der Waals surface area contributed by atoms with E-state index < -0.39 is 28.4 Å². The molecule has 0 aliphatic carbocycles. The van der Waals surface area contributed by atoms with Crippen LogP contribution >= 0.6 is 0 Å². The summed E-state index contributed by atoms with van der Waals surface area (Å²) >= 11 is 0. The van der Waals surface area contributed by atoms with Gasteiger partial charge in [-0.2, -0.15) is 0 Å². The van der Waals surface area contributed by atoms with Gasteiger partial charge in [0.1, 0.15) is 11.6 Å². The molecule has 0 fully saturated rings. The van der Waals surface area contributed by atoms with Gasteiger partial charge >= 0.3 is 0 Å². The number of halogens is 2. The molecule has 0 aliphatic rings. The Labute approximate surface area is 122 Å². The summed E-state index contributed by atoms with van der Waals surface area (Å²) in [5.41, 5.74) is 5.54. The first-order valence-corrected chi connectivity index (χ1v) is 6.60. The molecular weight excluding hydrogens is 272 g/mol. The molecule has 0 heterocycles. The Morgan fingerprint density at radius 1 is 1.05 bits per heavy atom. The monoisotopic (exact) mass is 289 g/mol. The van der Waals surface area contributed by atoms with Crippen molar-refractivity contribution in [2.45, 2.75) is 26.2 Å². The Balaban J connectivity index is 2.53. The van der Waals surface area contributed by atoms with Crippen LogP contribution < -0.4 is 5.73 Å². The first kappa shape index (κ1) is 15.2. The van der Waals surface area contributed by atoms with Gasteiger partial charge in [0.05, 0.1) is 11.0 Å². The topological polar surface area (TPSA) is 43.1 Å². The molecule has 0 atom stereocenters. The second-order valence-corrected chi connectivity index (χ2v) is 5.63. The fraction of sp³-hybridized carbons (Fsp3) is 0.235. The number of nitrogens with two attached hydrogens (primary N) is 1. The molecule has 2 rings (SSSR count). The number of rotatable bonds is 3. The maximum absolute atomic E-state index is 14.1. The van der Waals surface area contributed by atoms with E-state index in [1.807, 2.05) is 0 Å². The number of hydrogen-bond donors (Lipinski definition) is 1. The molecule has 0 radical (unpaired) electrons. The number of carbonyl (C=O) groups excluding carboxylic acids is 1. The molecule has 0 saturated carbocycles. The van der Waals surface area contributed by atoms with Crippen LogP contribution in [0, 0.1) is 18.6 Å². The molecule has 110 valence electrons. The van der Waals surface area contributed by atoms with Gasteiger partial charge in [-0.05, 0) is 50.1 Å². The quantitative estimate of drug-likeness (QED) is 0.685. The highest BCUT2D eigenvalue weighted by molar-refractivity contribution is 6.04. The van der Waals surface area contributed by atoms with Gasteiger partial charge in [-0.1, -0.05) is 18.2 Å². The summed E-state index contributed by atoms with van der Waals surface area (Å²) in [7, 11) is 0. The van der Waals surface area contributed by atoms with E-state index in [0.717, 1.165) is 6.07 Å². The maximum atomic E-state index is 14.1. The zero-order chi connectivity index (χ0) is 15.8. The minimum Gasteiger partial charge on any atom is -0.399 e. The van der Waals surface area contributed by atoms with Gasteiger partial charge < -0.3 is 5.73 Å². The van der Waals surface area contributed by atoms with Crippen molar-refractivity contribution in [3.8, 4) is 0 Å². The Bertz CT molecular complexity index is 691. The molecule has 2 N–H and O–H groups in total.